The van der Waals surface area contributed by atoms with Crippen LogP contribution in [0, 0.1) is 0 Å². The number of aliphatic hydroxyl groups is 1. The molecule has 2 amide bonds. The van der Waals surface area contributed by atoms with Crippen LogP contribution in [0.3, 0.4) is 0 Å². The molecule has 5 rings (SSSR count). The quantitative estimate of drug-likeness (QED) is 0.676. The van der Waals surface area contributed by atoms with Gasteiger partial charge in [-0.15, -0.1) is 0 Å². The fourth-order valence-corrected chi connectivity index (χ4v) is 4.07. The van der Waals surface area contributed by atoms with Crippen LogP contribution in [0.1, 0.15) is 43.5 Å². The number of imide groups is 1. The molecule has 0 saturated carbocycles. The number of benzene rings is 3. The topological polar surface area (TPSA) is 66.8 Å². The Bertz CT molecular complexity index is 1130. The Balaban J connectivity index is 1.46. The Morgan fingerprint density at radius 1 is 0.833 bits per heavy atom. The fourth-order valence-electron chi connectivity index (χ4n) is 4.07. The van der Waals surface area contributed by atoms with Gasteiger partial charge in [-0.25, -0.2) is 0 Å². The van der Waals surface area contributed by atoms with Crippen molar-refractivity contribution in [1.82, 2.24) is 4.90 Å². The van der Waals surface area contributed by atoms with Crippen molar-refractivity contribution in [3.63, 3.8) is 0 Å². The van der Waals surface area contributed by atoms with Crippen molar-refractivity contribution in [2.75, 3.05) is 0 Å². The van der Waals surface area contributed by atoms with Gasteiger partial charge in [0.2, 0.25) is 0 Å². The van der Waals surface area contributed by atoms with E-state index in [0.29, 0.717) is 29.0 Å². The van der Waals surface area contributed by atoms with Crippen LogP contribution in [-0.4, -0.2) is 27.9 Å². The molecule has 1 aliphatic carbocycles. The third kappa shape index (κ3) is 2.91. The SMILES string of the molecule is O=C1c2ccccc2C(=O)N1[C@H]1C=Cc2cccc(OCc3ccccc3)c2[C@@H]1O. The third-order valence-corrected chi connectivity index (χ3v) is 5.55. The monoisotopic (exact) mass is 397 g/mol. The molecule has 1 N–H and O–H groups in total. The van der Waals surface area contributed by atoms with Crippen molar-refractivity contribution in [3.8, 4) is 5.75 Å². The molecule has 3 aromatic rings. The highest BCUT2D eigenvalue weighted by molar-refractivity contribution is 6.21. The summed E-state index contributed by atoms with van der Waals surface area (Å²) in [5.74, 6) is -0.249. The molecule has 2 aliphatic rings. The van der Waals surface area contributed by atoms with Crippen LogP contribution in [0.25, 0.3) is 6.08 Å². The number of nitrogens with zero attached hydrogens (tertiary/aromatic N) is 1. The lowest BCUT2D eigenvalue weighted by molar-refractivity contribution is 0.0419. The van der Waals surface area contributed by atoms with Gasteiger partial charge in [0.15, 0.2) is 0 Å². The maximum absolute atomic E-state index is 12.9. The summed E-state index contributed by atoms with van der Waals surface area (Å²) in [6.45, 7) is 0.353. The van der Waals surface area contributed by atoms with E-state index >= 15 is 0 Å². The number of amides is 2. The highest BCUT2D eigenvalue weighted by Crippen LogP contribution is 2.39. The normalized spacial score (nSPS) is 19.6. The first-order chi connectivity index (χ1) is 14.6. The minimum absolute atomic E-state index is 0.353. The molecule has 1 aliphatic heterocycles. The van der Waals surface area contributed by atoms with Gasteiger partial charge in [-0.3, -0.25) is 14.5 Å². The van der Waals surface area contributed by atoms with Crippen molar-refractivity contribution in [2.24, 2.45) is 0 Å². The van der Waals surface area contributed by atoms with E-state index in [-0.39, 0.29) is 0 Å². The summed E-state index contributed by atoms with van der Waals surface area (Å²) in [7, 11) is 0. The number of ether oxygens (including phenoxy) is 1. The van der Waals surface area contributed by atoms with Gasteiger partial charge in [-0.1, -0.05) is 66.7 Å². The maximum atomic E-state index is 12.9. The second-order valence-electron chi connectivity index (χ2n) is 7.35. The molecule has 0 saturated heterocycles. The van der Waals surface area contributed by atoms with Crippen molar-refractivity contribution < 1.29 is 19.4 Å². The average Bonchev–Trinajstić information content (AvgIpc) is 3.04. The second kappa shape index (κ2) is 7.28. The van der Waals surface area contributed by atoms with Crippen molar-refractivity contribution in [1.29, 1.82) is 0 Å². The highest BCUT2D eigenvalue weighted by atomic mass is 16.5. The summed E-state index contributed by atoms with van der Waals surface area (Å²) in [5, 5.41) is 11.2. The minimum atomic E-state index is -1.08. The van der Waals surface area contributed by atoms with Gasteiger partial charge < -0.3 is 9.84 Å². The molecule has 0 aromatic heterocycles. The molecule has 5 nitrogen and oxygen atoms in total. The molecule has 2 atom stereocenters. The lowest BCUT2D eigenvalue weighted by atomic mass is 9.89. The lowest BCUT2D eigenvalue weighted by Crippen LogP contribution is -2.43. The number of aliphatic hydroxyl groups excluding tert-OH is 1. The van der Waals surface area contributed by atoms with Crippen LogP contribution in [0.4, 0.5) is 0 Å². The average molecular weight is 397 g/mol. The Labute approximate surface area is 173 Å². The lowest BCUT2D eigenvalue weighted by Gasteiger charge is -2.32. The predicted molar refractivity (Wildman–Crippen MR) is 112 cm³/mol. The van der Waals surface area contributed by atoms with E-state index < -0.39 is 24.0 Å². The van der Waals surface area contributed by atoms with Crippen LogP contribution in [-0.2, 0) is 6.61 Å². The maximum Gasteiger partial charge on any atom is 0.262 e. The minimum Gasteiger partial charge on any atom is -0.488 e. The first kappa shape index (κ1) is 18.3. The summed E-state index contributed by atoms with van der Waals surface area (Å²) in [4.78, 5) is 26.9. The Morgan fingerprint density at radius 2 is 1.50 bits per heavy atom. The van der Waals surface area contributed by atoms with Crippen molar-refractivity contribution >= 4 is 17.9 Å². The zero-order valence-electron chi connectivity index (χ0n) is 16.1. The summed E-state index contributed by atoms with van der Waals surface area (Å²) < 4.78 is 6.01. The van der Waals surface area contributed by atoms with Crippen LogP contribution in [0.2, 0.25) is 0 Å². The molecule has 0 bridgehead atoms. The van der Waals surface area contributed by atoms with Gasteiger partial charge in [0.1, 0.15) is 18.5 Å². The fraction of sp³-hybridized carbons (Fsp3) is 0.120. The van der Waals surface area contributed by atoms with Crippen molar-refractivity contribution in [3.05, 3.63) is 107 Å². The van der Waals surface area contributed by atoms with Gasteiger partial charge in [0.05, 0.1) is 17.2 Å². The molecule has 0 spiro atoms. The standard InChI is InChI=1S/C25H19NO4/c27-23-20(26-24(28)18-10-4-5-11-19(18)25(26)29)14-13-17-9-6-12-21(22(17)23)30-15-16-7-2-1-3-8-16/h1-14,20,23,27H,15H2/t20-,23+/m0/s1. The van der Waals surface area contributed by atoms with Gasteiger partial charge >= 0.3 is 0 Å². The van der Waals surface area contributed by atoms with Gasteiger partial charge in [-0.05, 0) is 29.3 Å². The van der Waals surface area contributed by atoms with Crippen molar-refractivity contribution in [2.45, 2.75) is 18.8 Å². The largest absolute Gasteiger partial charge is 0.488 e. The number of fused-ring (bicyclic) bond motifs is 2. The molecule has 3 aromatic carbocycles. The van der Waals surface area contributed by atoms with Gasteiger partial charge in [0.25, 0.3) is 11.8 Å². The van der Waals surface area contributed by atoms with E-state index in [2.05, 4.69) is 0 Å². The van der Waals surface area contributed by atoms with Crippen LogP contribution < -0.4 is 4.74 Å². The third-order valence-electron chi connectivity index (χ3n) is 5.55. The molecule has 5 heteroatoms. The summed E-state index contributed by atoms with van der Waals surface area (Å²) >= 11 is 0. The zero-order valence-corrected chi connectivity index (χ0v) is 16.1. The highest BCUT2D eigenvalue weighted by Gasteiger charge is 2.43. The first-order valence-corrected chi connectivity index (χ1v) is 9.78. The van der Waals surface area contributed by atoms with E-state index in [1.165, 1.54) is 0 Å². The predicted octanol–water partition coefficient (Wildman–Crippen LogP) is 3.99. The summed E-state index contributed by atoms with van der Waals surface area (Å²) in [6.07, 6.45) is 2.44. The molecule has 0 radical (unpaired) electrons. The molecule has 30 heavy (non-hydrogen) atoms. The molecule has 148 valence electrons. The number of hydrogen-bond donors (Lipinski definition) is 1. The Kier molecular flexibility index (Phi) is 4.45. The summed E-state index contributed by atoms with van der Waals surface area (Å²) in [6, 6.07) is 21.2. The van der Waals surface area contributed by atoms with E-state index in [1.807, 2.05) is 48.5 Å². The second-order valence-corrected chi connectivity index (χ2v) is 7.35. The Hall–Kier alpha value is -3.70. The van der Waals surface area contributed by atoms with E-state index in [9.17, 15) is 14.7 Å². The molecule has 0 fully saturated rings. The number of carbonyl (C=O) groups excluding carboxylic acids is 2. The smallest absolute Gasteiger partial charge is 0.262 e. The number of rotatable bonds is 4. The molecular formula is C25H19NO4. The van der Waals surface area contributed by atoms with Gasteiger partial charge in [0, 0.05) is 5.56 Å². The molecule has 0 unspecified atom stereocenters. The summed E-state index contributed by atoms with van der Waals surface area (Å²) in [5.41, 5.74) is 3.12. The Morgan fingerprint density at radius 3 is 2.20 bits per heavy atom. The number of carbonyl (C=O) groups is 2. The van der Waals surface area contributed by atoms with E-state index in [1.54, 1.807) is 36.4 Å². The van der Waals surface area contributed by atoms with Crippen LogP contribution in [0.15, 0.2) is 78.9 Å². The number of hydrogen-bond acceptors (Lipinski definition) is 4. The zero-order chi connectivity index (χ0) is 20.7. The molecule has 1 heterocycles. The molecular weight excluding hydrogens is 378 g/mol. The van der Waals surface area contributed by atoms with E-state index in [4.69, 9.17) is 4.74 Å². The first-order valence-electron chi connectivity index (χ1n) is 9.78. The van der Waals surface area contributed by atoms with Crippen LogP contribution in [0.5, 0.6) is 5.75 Å². The van der Waals surface area contributed by atoms with E-state index in [0.717, 1.165) is 16.0 Å². The van der Waals surface area contributed by atoms with Crippen LogP contribution >= 0.6 is 0 Å². The van der Waals surface area contributed by atoms with Gasteiger partial charge in [-0.2, -0.15) is 0 Å².